The number of nitrogens with zero attached hydrogens (tertiary/aromatic N) is 1. The summed E-state index contributed by atoms with van der Waals surface area (Å²) in [7, 11) is 0. The van der Waals surface area contributed by atoms with Crippen molar-refractivity contribution < 1.29 is 4.79 Å². The highest BCUT2D eigenvalue weighted by atomic mass is 16.1. The third-order valence-electron chi connectivity index (χ3n) is 5.77. The predicted octanol–water partition coefficient (Wildman–Crippen LogP) is 4.78. The van der Waals surface area contributed by atoms with Crippen LogP contribution in [0, 0.1) is 0 Å². The number of hydrogen-bond acceptors (Lipinski definition) is 2. The fraction of sp³-hybridized carbons (Fsp3) is 0.269. The molecular weight excluding hydrogens is 356 g/mol. The van der Waals surface area contributed by atoms with E-state index in [2.05, 4.69) is 65.7 Å². The van der Waals surface area contributed by atoms with Crippen LogP contribution in [0.2, 0.25) is 0 Å². The van der Waals surface area contributed by atoms with Crippen LogP contribution in [0.15, 0.2) is 78.9 Å². The summed E-state index contributed by atoms with van der Waals surface area (Å²) >= 11 is 0. The minimum atomic E-state index is -0.00812. The van der Waals surface area contributed by atoms with Crippen molar-refractivity contribution in [2.24, 2.45) is 0 Å². The summed E-state index contributed by atoms with van der Waals surface area (Å²) in [4.78, 5) is 15.0. The van der Waals surface area contributed by atoms with Crippen molar-refractivity contribution in [3.05, 3.63) is 107 Å². The summed E-state index contributed by atoms with van der Waals surface area (Å²) in [6, 6.07) is 27.0. The number of amides is 1. The predicted molar refractivity (Wildman–Crippen MR) is 118 cm³/mol. The zero-order valence-corrected chi connectivity index (χ0v) is 17.0. The van der Waals surface area contributed by atoms with Crippen LogP contribution in [-0.2, 0) is 19.5 Å². The highest BCUT2D eigenvalue weighted by molar-refractivity contribution is 5.94. The first-order valence-electron chi connectivity index (χ1n) is 10.4. The largest absolute Gasteiger partial charge is 0.351 e. The standard InChI is InChI=1S/C26H28N2O/c1-20(22-7-3-2-4-8-22)17-27-26(29)24-13-11-21(12-14-24)18-28-16-15-23-9-5-6-10-25(23)19-28/h2-14,20H,15-19H2,1H3,(H,27,29)/t20-/m1/s1. The zero-order valence-electron chi connectivity index (χ0n) is 17.0. The second kappa shape index (κ2) is 9.06. The number of benzene rings is 3. The summed E-state index contributed by atoms with van der Waals surface area (Å²) in [5, 5.41) is 3.06. The number of fused-ring (bicyclic) bond motifs is 1. The molecule has 1 heterocycles. The molecule has 0 aliphatic carbocycles. The molecule has 0 radical (unpaired) electrons. The molecule has 0 unspecified atom stereocenters. The quantitative estimate of drug-likeness (QED) is 0.663. The molecule has 0 bridgehead atoms. The smallest absolute Gasteiger partial charge is 0.251 e. The van der Waals surface area contributed by atoms with Crippen LogP contribution in [0.25, 0.3) is 0 Å². The van der Waals surface area contributed by atoms with Crippen molar-refractivity contribution >= 4 is 5.91 Å². The molecule has 148 valence electrons. The van der Waals surface area contributed by atoms with E-state index in [0.29, 0.717) is 12.5 Å². The van der Waals surface area contributed by atoms with Crippen LogP contribution in [0.1, 0.15) is 45.5 Å². The van der Waals surface area contributed by atoms with Gasteiger partial charge in [0.1, 0.15) is 0 Å². The van der Waals surface area contributed by atoms with Gasteiger partial charge in [0.2, 0.25) is 0 Å². The van der Waals surface area contributed by atoms with Gasteiger partial charge in [0.15, 0.2) is 0 Å². The summed E-state index contributed by atoms with van der Waals surface area (Å²) < 4.78 is 0. The van der Waals surface area contributed by atoms with E-state index in [0.717, 1.165) is 31.6 Å². The minimum Gasteiger partial charge on any atom is -0.351 e. The Morgan fingerprint density at radius 3 is 2.38 bits per heavy atom. The van der Waals surface area contributed by atoms with Gasteiger partial charge in [-0.05, 0) is 46.7 Å². The SMILES string of the molecule is C[C@H](CNC(=O)c1ccc(CN2CCc3ccccc3C2)cc1)c1ccccc1. The fourth-order valence-electron chi connectivity index (χ4n) is 3.96. The van der Waals surface area contributed by atoms with Gasteiger partial charge >= 0.3 is 0 Å². The van der Waals surface area contributed by atoms with E-state index in [1.165, 1.54) is 22.3 Å². The molecule has 1 N–H and O–H groups in total. The lowest BCUT2D eigenvalue weighted by atomic mass is 9.99. The van der Waals surface area contributed by atoms with Crippen molar-refractivity contribution in [1.29, 1.82) is 0 Å². The Morgan fingerprint density at radius 2 is 1.62 bits per heavy atom. The Hall–Kier alpha value is -2.91. The van der Waals surface area contributed by atoms with Crippen molar-refractivity contribution in [1.82, 2.24) is 10.2 Å². The van der Waals surface area contributed by atoms with Gasteiger partial charge in [-0.25, -0.2) is 0 Å². The molecule has 4 rings (SSSR count). The average molecular weight is 385 g/mol. The third kappa shape index (κ3) is 4.93. The first-order chi connectivity index (χ1) is 14.2. The van der Waals surface area contributed by atoms with Crippen LogP contribution in [0.5, 0.6) is 0 Å². The molecule has 1 aliphatic rings. The normalized spacial score (nSPS) is 14.8. The van der Waals surface area contributed by atoms with E-state index in [-0.39, 0.29) is 5.91 Å². The van der Waals surface area contributed by atoms with E-state index in [9.17, 15) is 4.79 Å². The maximum absolute atomic E-state index is 12.5. The summed E-state index contributed by atoms with van der Waals surface area (Å²) in [6.07, 6.45) is 1.11. The Kier molecular flexibility index (Phi) is 6.06. The highest BCUT2D eigenvalue weighted by Gasteiger charge is 2.16. The molecular formula is C26H28N2O. The van der Waals surface area contributed by atoms with Crippen molar-refractivity contribution in [3.63, 3.8) is 0 Å². The van der Waals surface area contributed by atoms with Gasteiger partial charge in [0.25, 0.3) is 5.91 Å². The average Bonchev–Trinajstić information content (AvgIpc) is 2.78. The number of carbonyl (C=O) groups is 1. The molecule has 29 heavy (non-hydrogen) atoms. The molecule has 1 atom stereocenters. The van der Waals surface area contributed by atoms with Crippen LogP contribution < -0.4 is 5.32 Å². The molecule has 3 aromatic carbocycles. The Labute approximate surface area is 173 Å². The van der Waals surface area contributed by atoms with Gasteiger partial charge in [-0.1, -0.05) is 73.7 Å². The van der Waals surface area contributed by atoms with E-state index < -0.39 is 0 Å². The molecule has 0 aromatic heterocycles. The number of rotatable bonds is 6. The molecule has 0 saturated carbocycles. The van der Waals surface area contributed by atoms with Gasteiger partial charge in [-0.2, -0.15) is 0 Å². The molecule has 0 fully saturated rings. The van der Waals surface area contributed by atoms with Crippen LogP contribution >= 0.6 is 0 Å². The van der Waals surface area contributed by atoms with Crippen LogP contribution in [0.3, 0.4) is 0 Å². The van der Waals surface area contributed by atoms with Gasteiger partial charge in [0.05, 0.1) is 0 Å². The third-order valence-corrected chi connectivity index (χ3v) is 5.77. The maximum atomic E-state index is 12.5. The molecule has 1 aliphatic heterocycles. The van der Waals surface area contributed by atoms with E-state index in [1.807, 2.05) is 30.3 Å². The van der Waals surface area contributed by atoms with Crippen molar-refractivity contribution in [3.8, 4) is 0 Å². The van der Waals surface area contributed by atoms with Crippen LogP contribution in [-0.4, -0.2) is 23.9 Å². The van der Waals surface area contributed by atoms with Crippen molar-refractivity contribution in [2.45, 2.75) is 32.4 Å². The van der Waals surface area contributed by atoms with Gasteiger partial charge in [-0.3, -0.25) is 9.69 Å². The first kappa shape index (κ1) is 19.4. The second-order valence-corrected chi connectivity index (χ2v) is 7.95. The maximum Gasteiger partial charge on any atom is 0.251 e. The molecule has 0 saturated heterocycles. The van der Waals surface area contributed by atoms with E-state index >= 15 is 0 Å². The summed E-state index contributed by atoms with van der Waals surface area (Å²) in [5.74, 6) is 0.285. The molecule has 1 amide bonds. The second-order valence-electron chi connectivity index (χ2n) is 7.95. The highest BCUT2D eigenvalue weighted by Crippen LogP contribution is 2.20. The van der Waals surface area contributed by atoms with Gasteiger partial charge in [0, 0.05) is 31.7 Å². The molecule has 3 heteroatoms. The fourth-order valence-corrected chi connectivity index (χ4v) is 3.96. The minimum absolute atomic E-state index is 0.00812. The van der Waals surface area contributed by atoms with Crippen molar-refractivity contribution in [2.75, 3.05) is 13.1 Å². The Morgan fingerprint density at radius 1 is 0.931 bits per heavy atom. The molecule has 3 nitrogen and oxygen atoms in total. The number of carbonyl (C=O) groups excluding carboxylic acids is 1. The van der Waals surface area contributed by atoms with E-state index in [4.69, 9.17) is 0 Å². The Balaban J connectivity index is 1.30. The van der Waals surface area contributed by atoms with E-state index in [1.54, 1.807) is 0 Å². The topological polar surface area (TPSA) is 32.3 Å². The van der Waals surface area contributed by atoms with Crippen LogP contribution in [0.4, 0.5) is 0 Å². The monoisotopic (exact) mass is 384 g/mol. The van der Waals surface area contributed by atoms with Gasteiger partial charge < -0.3 is 5.32 Å². The van der Waals surface area contributed by atoms with Gasteiger partial charge in [-0.15, -0.1) is 0 Å². The Bertz CT molecular complexity index is 950. The lowest BCUT2D eigenvalue weighted by Crippen LogP contribution is -2.30. The number of nitrogens with one attached hydrogen (secondary N) is 1. The lowest BCUT2D eigenvalue weighted by molar-refractivity contribution is 0.0951. The summed E-state index contributed by atoms with van der Waals surface area (Å²) in [6.45, 7) is 5.76. The number of hydrogen-bond donors (Lipinski definition) is 1. The lowest BCUT2D eigenvalue weighted by Gasteiger charge is -2.28. The molecule has 0 spiro atoms. The first-order valence-corrected chi connectivity index (χ1v) is 10.4. The summed E-state index contributed by atoms with van der Waals surface area (Å²) in [5.41, 5.74) is 6.12. The molecule has 3 aromatic rings. The zero-order chi connectivity index (χ0) is 20.1.